The maximum atomic E-state index is 12.1. The zero-order valence-electron chi connectivity index (χ0n) is 10.1. The second-order valence-corrected chi connectivity index (χ2v) is 6.48. The summed E-state index contributed by atoms with van der Waals surface area (Å²) in [6, 6.07) is 4.00. The van der Waals surface area contributed by atoms with Gasteiger partial charge in [0.05, 0.1) is 16.3 Å². The molecule has 1 aliphatic rings. The smallest absolute Gasteiger partial charge is 0.265 e. The van der Waals surface area contributed by atoms with E-state index >= 15 is 0 Å². The fourth-order valence-electron chi connectivity index (χ4n) is 1.81. The zero-order chi connectivity index (χ0) is 12.5. The van der Waals surface area contributed by atoms with Gasteiger partial charge < -0.3 is 5.32 Å². The average molecular weight is 278 g/mol. The molecule has 18 heavy (non-hydrogen) atoms. The van der Waals surface area contributed by atoms with Gasteiger partial charge in [-0.25, -0.2) is 0 Å². The molecule has 0 saturated heterocycles. The van der Waals surface area contributed by atoms with Gasteiger partial charge in [0.15, 0.2) is 0 Å². The van der Waals surface area contributed by atoms with Crippen molar-refractivity contribution in [3.8, 4) is 0 Å². The number of carbonyl (C=O) groups excluding carboxylic acids is 1. The van der Waals surface area contributed by atoms with E-state index in [9.17, 15) is 4.79 Å². The summed E-state index contributed by atoms with van der Waals surface area (Å²) in [6.45, 7) is 1.90. The predicted molar refractivity (Wildman–Crippen MR) is 75.6 cm³/mol. The number of anilines is 1. The zero-order valence-corrected chi connectivity index (χ0v) is 11.7. The molecule has 1 N–H and O–H groups in total. The third-order valence-corrected chi connectivity index (χ3v) is 4.90. The molecule has 0 aromatic carbocycles. The molecule has 2 aromatic rings. The SMILES string of the molecule is Cc1nscc1NC(=O)c1ccc(CC2CC2)s1. The molecular weight excluding hydrogens is 264 g/mol. The van der Waals surface area contributed by atoms with Crippen LogP contribution in [0.15, 0.2) is 17.5 Å². The maximum Gasteiger partial charge on any atom is 0.265 e. The lowest BCUT2D eigenvalue weighted by Gasteiger charge is -2.00. The van der Waals surface area contributed by atoms with Crippen LogP contribution in [0, 0.1) is 12.8 Å². The van der Waals surface area contributed by atoms with Gasteiger partial charge in [-0.1, -0.05) is 0 Å². The third kappa shape index (κ3) is 2.62. The molecule has 5 heteroatoms. The van der Waals surface area contributed by atoms with Gasteiger partial charge in [0, 0.05) is 10.3 Å². The van der Waals surface area contributed by atoms with Crippen molar-refractivity contribution >= 4 is 34.5 Å². The molecule has 3 nitrogen and oxygen atoms in total. The predicted octanol–water partition coefficient (Wildman–Crippen LogP) is 3.72. The summed E-state index contributed by atoms with van der Waals surface area (Å²) in [7, 11) is 0. The summed E-state index contributed by atoms with van der Waals surface area (Å²) in [5.41, 5.74) is 1.70. The van der Waals surface area contributed by atoms with Gasteiger partial charge >= 0.3 is 0 Å². The van der Waals surface area contributed by atoms with Crippen LogP contribution in [0.1, 0.15) is 33.1 Å². The van der Waals surface area contributed by atoms with Crippen molar-refractivity contribution in [2.75, 3.05) is 5.32 Å². The number of nitrogens with zero attached hydrogens (tertiary/aromatic N) is 1. The monoisotopic (exact) mass is 278 g/mol. The number of aryl methyl sites for hydroxylation is 1. The maximum absolute atomic E-state index is 12.1. The van der Waals surface area contributed by atoms with Crippen molar-refractivity contribution in [3.63, 3.8) is 0 Å². The van der Waals surface area contributed by atoms with Gasteiger partial charge in [-0.05, 0) is 55.8 Å². The van der Waals surface area contributed by atoms with Crippen molar-refractivity contribution in [1.82, 2.24) is 4.37 Å². The Labute approximate surface area is 114 Å². The largest absolute Gasteiger partial charge is 0.319 e. The number of carbonyl (C=O) groups is 1. The van der Waals surface area contributed by atoms with Crippen molar-refractivity contribution < 1.29 is 4.79 Å². The molecule has 2 aromatic heterocycles. The summed E-state index contributed by atoms with van der Waals surface area (Å²) in [5.74, 6) is 0.841. The van der Waals surface area contributed by atoms with Gasteiger partial charge in [-0.2, -0.15) is 4.37 Å². The quantitative estimate of drug-likeness (QED) is 0.926. The number of hydrogen-bond acceptors (Lipinski definition) is 4. The van der Waals surface area contributed by atoms with Crippen molar-refractivity contribution in [2.24, 2.45) is 5.92 Å². The molecular formula is C13H14N2OS2. The van der Waals surface area contributed by atoms with Crippen LogP contribution in [0.25, 0.3) is 0 Å². The van der Waals surface area contributed by atoms with E-state index in [0.29, 0.717) is 0 Å². The van der Waals surface area contributed by atoms with E-state index in [0.717, 1.165) is 28.6 Å². The molecule has 94 valence electrons. The minimum Gasteiger partial charge on any atom is -0.319 e. The van der Waals surface area contributed by atoms with Crippen molar-refractivity contribution in [2.45, 2.75) is 26.2 Å². The fourth-order valence-corrected chi connectivity index (χ4v) is 3.47. The standard InChI is InChI=1S/C13H14N2OS2/c1-8-11(7-17-15-8)14-13(16)12-5-4-10(18-12)6-9-2-3-9/h4-5,7,9H,2-3,6H2,1H3,(H,14,16). The molecule has 0 unspecified atom stereocenters. The van der Waals surface area contributed by atoms with Crippen LogP contribution < -0.4 is 5.32 Å². The van der Waals surface area contributed by atoms with E-state index in [1.54, 1.807) is 11.3 Å². The minimum absolute atomic E-state index is 0.0228. The average Bonchev–Trinajstić information content (AvgIpc) is 2.86. The summed E-state index contributed by atoms with van der Waals surface area (Å²) in [4.78, 5) is 14.2. The fraction of sp³-hybridized carbons (Fsp3) is 0.385. The van der Waals surface area contributed by atoms with Crippen LogP contribution >= 0.6 is 22.9 Å². The van der Waals surface area contributed by atoms with E-state index in [-0.39, 0.29) is 5.91 Å². The highest BCUT2D eigenvalue weighted by molar-refractivity contribution is 7.14. The molecule has 3 rings (SSSR count). The van der Waals surface area contributed by atoms with Crippen LogP contribution in [0.2, 0.25) is 0 Å². The van der Waals surface area contributed by atoms with Gasteiger partial charge in [0.25, 0.3) is 5.91 Å². The second kappa shape index (κ2) is 4.82. The molecule has 0 spiro atoms. The topological polar surface area (TPSA) is 42.0 Å². The van der Waals surface area contributed by atoms with E-state index in [1.807, 2.05) is 18.4 Å². The Hall–Kier alpha value is -1.20. The van der Waals surface area contributed by atoms with Crippen LogP contribution in [0.5, 0.6) is 0 Å². The number of nitrogens with one attached hydrogen (secondary N) is 1. The van der Waals surface area contributed by atoms with E-state index in [4.69, 9.17) is 0 Å². The Morgan fingerprint density at radius 3 is 3.00 bits per heavy atom. The number of thiophene rings is 1. The highest BCUT2D eigenvalue weighted by atomic mass is 32.1. The Kier molecular flexibility index (Phi) is 3.18. The number of hydrogen-bond donors (Lipinski definition) is 1. The normalized spacial score (nSPS) is 14.7. The molecule has 0 bridgehead atoms. The molecule has 0 atom stereocenters. The van der Waals surface area contributed by atoms with Crippen LogP contribution in [0.4, 0.5) is 5.69 Å². The molecule has 1 fully saturated rings. The summed E-state index contributed by atoms with van der Waals surface area (Å²) in [6.07, 6.45) is 3.83. The molecule has 1 saturated carbocycles. The summed E-state index contributed by atoms with van der Waals surface area (Å²) < 4.78 is 4.15. The first kappa shape index (κ1) is 11.9. The van der Waals surface area contributed by atoms with Crippen LogP contribution in [-0.4, -0.2) is 10.3 Å². The highest BCUT2D eigenvalue weighted by Gasteiger charge is 2.22. The van der Waals surface area contributed by atoms with Crippen LogP contribution in [-0.2, 0) is 6.42 Å². The van der Waals surface area contributed by atoms with Crippen LogP contribution in [0.3, 0.4) is 0 Å². The number of aromatic nitrogens is 1. The first-order valence-corrected chi connectivity index (χ1v) is 7.68. The summed E-state index contributed by atoms with van der Waals surface area (Å²) in [5, 5.41) is 4.78. The van der Waals surface area contributed by atoms with Gasteiger partial charge in [-0.3, -0.25) is 4.79 Å². The Bertz CT molecular complexity index is 569. The molecule has 1 amide bonds. The Balaban J connectivity index is 1.68. The number of rotatable bonds is 4. The molecule has 1 aliphatic carbocycles. The number of amides is 1. The Morgan fingerprint density at radius 1 is 1.50 bits per heavy atom. The molecule has 0 aliphatic heterocycles. The Morgan fingerprint density at radius 2 is 2.33 bits per heavy atom. The third-order valence-electron chi connectivity index (χ3n) is 3.07. The van der Waals surface area contributed by atoms with Gasteiger partial charge in [0.2, 0.25) is 0 Å². The first-order chi connectivity index (χ1) is 8.72. The van der Waals surface area contributed by atoms with E-state index < -0.39 is 0 Å². The van der Waals surface area contributed by atoms with Crippen molar-refractivity contribution in [3.05, 3.63) is 33.0 Å². The second-order valence-electron chi connectivity index (χ2n) is 4.68. The lowest BCUT2D eigenvalue weighted by atomic mass is 10.2. The van der Waals surface area contributed by atoms with Gasteiger partial charge in [-0.15, -0.1) is 11.3 Å². The van der Waals surface area contributed by atoms with Gasteiger partial charge in [0.1, 0.15) is 0 Å². The van der Waals surface area contributed by atoms with E-state index in [2.05, 4.69) is 15.8 Å². The highest BCUT2D eigenvalue weighted by Crippen LogP contribution is 2.34. The van der Waals surface area contributed by atoms with Crippen molar-refractivity contribution in [1.29, 1.82) is 0 Å². The lowest BCUT2D eigenvalue weighted by molar-refractivity contribution is 0.103. The lowest BCUT2D eigenvalue weighted by Crippen LogP contribution is -2.10. The molecule has 2 heterocycles. The van der Waals surface area contributed by atoms with E-state index in [1.165, 1.54) is 29.3 Å². The molecule has 0 radical (unpaired) electrons. The summed E-state index contributed by atoms with van der Waals surface area (Å²) >= 11 is 2.97. The first-order valence-electron chi connectivity index (χ1n) is 6.03. The minimum atomic E-state index is -0.0228.